The number of benzene rings is 1. The third-order valence-electron chi connectivity index (χ3n) is 2.43. The van der Waals surface area contributed by atoms with Crippen molar-refractivity contribution in [2.75, 3.05) is 0 Å². The highest BCUT2D eigenvalue weighted by atomic mass is 19.1. The molecule has 1 heterocycles. The first kappa shape index (κ1) is 9.15. The van der Waals surface area contributed by atoms with Gasteiger partial charge in [0.05, 0.1) is 0 Å². The molecule has 2 rings (SSSR count). The van der Waals surface area contributed by atoms with E-state index in [1.54, 1.807) is 6.07 Å². The summed E-state index contributed by atoms with van der Waals surface area (Å²) >= 11 is 0. The van der Waals surface area contributed by atoms with Crippen molar-refractivity contribution >= 4 is 5.97 Å². The zero-order chi connectivity index (χ0) is 10.1. The fourth-order valence-electron chi connectivity index (χ4n) is 1.66. The van der Waals surface area contributed by atoms with Gasteiger partial charge in [0.15, 0.2) is 0 Å². The average molecular weight is 195 g/mol. The molecule has 0 aromatic heterocycles. The van der Waals surface area contributed by atoms with Crippen LogP contribution in [0.5, 0.6) is 0 Å². The van der Waals surface area contributed by atoms with E-state index in [2.05, 4.69) is 5.32 Å². The van der Waals surface area contributed by atoms with Crippen LogP contribution in [0.15, 0.2) is 18.2 Å². The first-order valence-electron chi connectivity index (χ1n) is 4.40. The summed E-state index contributed by atoms with van der Waals surface area (Å²) < 4.78 is 12.9. The maximum absolute atomic E-state index is 12.9. The Morgan fingerprint density at radius 3 is 3.00 bits per heavy atom. The minimum Gasteiger partial charge on any atom is -0.480 e. The summed E-state index contributed by atoms with van der Waals surface area (Å²) in [6, 6.07) is 3.90. The van der Waals surface area contributed by atoms with Crippen molar-refractivity contribution in [1.82, 2.24) is 5.32 Å². The van der Waals surface area contributed by atoms with Crippen LogP contribution in [0.2, 0.25) is 0 Å². The number of halogens is 1. The lowest BCUT2D eigenvalue weighted by Gasteiger charge is -2.22. The molecule has 0 fully saturated rings. The van der Waals surface area contributed by atoms with Crippen molar-refractivity contribution in [3.8, 4) is 0 Å². The molecule has 0 bridgehead atoms. The van der Waals surface area contributed by atoms with Crippen molar-refractivity contribution in [1.29, 1.82) is 0 Å². The predicted molar refractivity (Wildman–Crippen MR) is 48.4 cm³/mol. The Hall–Kier alpha value is -1.42. The van der Waals surface area contributed by atoms with Crippen LogP contribution in [0.25, 0.3) is 0 Å². The van der Waals surface area contributed by atoms with Crippen LogP contribution in [-0.2, 0) is 17.8 Å². The molecule has 14 heavy (non-hydrogen) atoms. The highest BCUT2D eigenvalue weighted by Gasteiger charge is 2.23. The molecular weight excluding hydrogens is 185 g/mol. The highest BCUT2D eigenvalue weighted by molar-refractivity contribution is 5.74. The first-order chi connectivity index (χ1) is 6.66. The Morgan fingerprint density at radius 1 is 1.50 bits per heavy atom. The van der Waals surface area contributed by atoms with Gasteiger partial charge in [-0.15, -0.1) is 0 Å². The standard InChI is InChI=1S/C10H10FNO2/c11-8-2-1-6-5-12-9(10(13)14)4-7(6)3-8/h1-3,9,12H,4-5H2,(H,13,14). The second kappa shape index (κ2) is 3.38. The van der Waals surface area contributed by atoms with Crippen molar-refractivity contribution < 1.29 is 14.3 Å². The summed E-state index contributed by atoms with van der Waals surface area (Å²) in [7, 11) is 0. The van der Waals surface area contributed by atoms with E-state index in [9.17, 15) is 9.18 Å². The van der Waals surface area contributed by atoms with Gasteiger partial charge in [-0.3, -0.25) is 4.79 Å². The second-order valence-corrected chi connectivity index (χ2v) is 3.39. The molecule has 0 saturated heterocycles. The number of carboxylic acid groups (broad SMARTS) is 1. The van der Waals surface area contributed by atoms with Crippen LogP contribution >= 0.6 is 0 Å². The lowest BCUT2D eigenvalue weighted by atomic mass is 9.96. The fraction of sp³-hybridized carbons (Fsp3) is 0.300. The van der Waals surface area contributed by atoms with Gasteiger partial charge in [-0.25, -0.2) is 4.39 Å². The molecule has 1 aromatic rings. The lowest BCUT2D eigenvalue weighted by molar-refractivity contribution is -0.139. The molecule has 0 aliphatic carbocycles. The SMILES string of the molecule is O=C(O)C1Cc2cc(F)ccc2CN1. The summed E-state index contributed by atoms with van der Waals surface area (Å²) in [5.41, 5.74) is 1.76. The maximum atomic E-state index is 12.9. The summed E-state index contributed by atoms with van der Waals surface area (Å²) in [5, 5.41) is 11.6. The summed E-state index contributed by atoms with van der Waals surface area (Å²) in [4.78, 5) is 10.7. The van der Waals surface area contributed by atoms with Crippen LogP contribution < -0.4 is 5.32 Å². The Balaban J connectivity index is 2.29. The number of nitrogens with one attached hydrogen (secondary N) is 1. The number of rotatable bonds is 1. The number of fused-ring (bicyclic) bond motifs is 1. The average Bonchev–Trinajstić information content (AvgIpc) is 2.16. The smallest absolute Gasteiger partial charge is 0.321 e. The number of aliphatic carboxylic acids is 1. The Morgan fingerprint density at radius 2 is 2.29 bits per heavy atom. The van der Waals surface area contributed by atoms with Crippen molar-refractivity contribution in [2.24, 2.45) is 0 Å². The zero-order valence-corrected chi connectivity index (χ0v) is 7.46. The van der Waals surface area contributed by atoms with Gasteiger partial charge in [-0.05, 0) is 29.7 Å². The van der Waals surface area contributed by atoms with Crippen LogP contribution in [0.4, 0.5) is 4.39 Å². The topological polar surface area (TPSA) is 49.3 Å². The maximum Gasteiger partial charge on any atom is 0.321 e. The second-order valence-electron chi connectivity index (χ2n) is 3.39. The molecule has 1 unspecified atom stereocenters. The molecule has 2 N–H and O–H groups in total. The number of hydrogen-bond acceptors (Lipinski definition) is 2. The van der Waals surface area contributed by atoms with Gasteiger partial charge < -0.3 is 10.4 Å². The minimum atomic E-state index is -0.889. The largest absolute Gasteiger partial charge is 0.480 e. The quantitative estimate of drug-likeness (QED) is 0.700. The van der Waals surface area contributed by atoms with Gasteiger partial charge in [0, 0.05) is 6.54 Å². The first-order valence-corrected chi connectivity index (χ1v) is 4.40. The Kier molecular flexibility index (Phi) is 2.21. The van der Waals surface area contributed by atoms with Crippen molar-refractivity contribution in [3.63, 3.8) is 0 Å². The molecule has 0 saturated carbocycles. The molecule has 1 aromatic carbocycles. The van der Waals surface area contributed by atoms with Crippen LogP contribution in [0, 0.1) is 5.82 Å². The van der Waals surface area contributed by atoms with E-state index in [0.29, 0.717) is 13.0 Å². The van der Waals surface area contributed by atoms with E-state index in [1.807, 2.05) is 0 Å². The van der Waals surface area contributed by atoms with Gasteiger partial charge in [0.1, 0.15) is 11.9 Å². The summed E-state index contributed by atoms with van der Waals surface area (Å²) in [6.07, 6.45) is 0.350. The Bertz CT molecular complexity index is 378. The number of carbonyl (C=O) groups is 1. The van der Waals surface area contributed by atoms with E-state index in [-0.39, 0.29) is 5.82 Å². The third-order valence-corrected chi connectivity index (χ3v) is 2.43. The molecule has 0 spiro atoms. The zero-order valence-electron chi connectivity index (χ0n) is 7.46. The molecular formula is C10H10FNO2. The third kappa shape index (κ3) is 1.61. The number of carboxylic acids is 1. The van der Waals surface area contributed by atoms with Crippen LogP contribution in [0.3, 0.4) is 0 Å². The van der Waals surface area contributed by atoms with E-state index in [4.69, 9.17) is 5.11 Å². The van der Waals surface area contributed by atoms with Gasteiger partial charge >= 0.3 is 5.97 Å². The highest BCUT2D eigenvalue weighted by Crippen LogP contribution is 2.17. The molecule has 0 radical (unpaired) electrons. The monoisotopic (exact) mass is 195 g/mol. The molecule has 3 nitrogen and oxygen atoms in total. The molecule has 0 amide bonds. The van der Waals surface area contributed by atoms with Crippen LogP contribution in [0.1, 0.15) is 11.1 Å². The van der Waals surface area contributed by atoms with Gasteiger partial charge in [-0.1, -0.05) is 6.07 Å². The molecule has 1 atom stereocenters. The molecule has 1 aliphatic heterocycles. The van der Waals surface area contributed by atoms with E-state index in [1.165, 1.54) is 12.1 Å². The van der Waals surface area contributed by atoms with Crippen molar-refractivity contribution in [3.05, 3.63) is 35.1 Å². The normalized spacial score (nSPS) is 20.2. The van der Waals surface area contributed by atoms with Gasteiger partial charge in [-0.2, -0.15) is 0 Å². The van der Waals surface area contributed by atoms with Crippen LogP contribution in [-0.4, -0.2) is 17.1 Å². The molecule has 4 heteroatoms. The fourth-order valence-corrected chi connectivity index (χ4v) is 1.66. The van der Waals surface area contributed by atoms with Gasteiger partial charge in [0.2, 0.25) is 0 Å². The Labute approximate surface area is 80.6 Å². The molecule has 74 valence electrons. The summed E-state index contributed by atoms with van der Waals surface area (Å²) in [5.74, 6) is -1.20. The van der Waals surface area contributed by atoms with E-state index in [0.717, 1.165) is 11.1 Å². The summed E-state index contributed by atoms with van der Waals surface area (Å²) in [6.45, 7) is 0.493. The lowest BCUT2D eigenvalue weighted by Crippen LogP contribution is -2.41. The van der Waals surface area contributed by atoms with E-state index < -0.39 is 12.0 Å². The van der Waals surface area contributed by atoms with E-state index >= 15 is 0 Å². The molecule has 1 aliphatic rings. The predicted octanol–water partition coefficient (Wildman–Crippen LogP) is 0.925. The van der Waals surface area contributed by atoms with Crippen molar-refractivity contribution in [2.45, 2.75) is 19.0 Å². The minimum absolute atomic E-state index is 0.310. The van der Waals surface area contributed by atoms with Gasteiger partial charge in [0.25, 0.3) is 0 Å². The number of hydrogen-bond donors (Lipinski definition) is 2.